The molecular formula is C30H44N10. The van der Waals surface area contributed by atoms with Crippen molar-refractivity contribution < 1.29 is 0 Å². The maximum atomic E-state index is 9.11. The normalized spacial score (nSPS) is 22.7. The highest BCUT2D eigenvalue weighted by atomic mass is 15.2. The maximum absolute atomic E-state index is 9.11. The Morgan fingerprint density at radius 2 is 1.98 bits per heavy atom. The van der Waals surface area contributed by atoms with Gasteiger partial charge in [0.15, 0.2) is 5.82 Å². The number of aromatic nitrogens is 4. The number of nitrogens with zero attached hydrogens (tertiary/aromatic N) is 6. The fraction of sp³-hybridized carbons (Fsp3) is 0.600. The number of hydrogen-bond acceptors (Lipinski definition) is 9. The number of benzene rings is 1. The smallest absolute Gasteiger partial charge is 0.225 e. The summed E-state index contributed by atoms with van der Waals surface area (Å²) in [7, 11) is 2.20. The number of hydrogen-bond donors (Lipinski definition) is 4. The molecular weight excluding hydrogens is 500 g/mol. The molecule has 214 valence electrons. The van der Waals surface area contributed by atoms with E-state index in [0.29, 0.717) is 30.4 Å². The fourth-order valence-electron chi connectivity index (χ4n) is 6.28. The van der Waals surface area contributed by atoms with Crippen LogP contribution in [0.5, 0.6) is 0 Å². The summed E-state index contributed by atoms with van der Waals surface area (Å²) in [6.45, 7) is 10.6. The van der Waals surface area contributed by atoms with E-state index in [1.807, 2.05) is 13.0 Å². The standard InChI is InChI=1S/C30H44N10/c1-5-25-17-24(16-21(3)40(25)12-6-11-31)33-30-34-27-18-23(32-19-22-9-13-39(4)14-10-22)7-8-26(27)29(36-30)35-28-15-20(2)37-38-28/h7-8,15,18,21-22,24-25,32H,5-6,9-10,12-14,16-17,19H2,1-4H3,(H3,33,34,35,36,37,38). The zero-order chi connectivity index (χ0) is 28.1. The van der Waals surface area contributed by atoms with Crippen molar-refractivity contribution in [2.75, 3.05) is 49.2 Å². The molecule has 3 unspecified atom stereocenters. The second-order valence-electron chi connectivity index (χ2n) is 11.7. The van der Waals surface area contributed by atoms with Gasteiger partial charge >= 0.3 is 0 Å². The predicted molar refractivity (Wildman–Crippen MR) is 162 cm³/mol. The van der Waals surface area contributed by atoms with Crippen LogP contribution in [0, 0.1) is 24.2 Å². The molecule has 10 heteroatoms. The monoisotopic (exact) mass is 544 g/mol. The molecule has 0 bridgehead atoms. The summed E-state index contributed by atoms with van der Waals surface area (Å²) in [5.41, 5.74) is 2.97. The van der Waals surface area contributed by atoms with Crippen LogP contribution in [0.2, 0.25) is 0 Å². The van der Waals surface area contributed by atoms with Crippen LogP contribution in [-0.2, 0) is 0 Å². The van der Waals surface area contributed by atoms with E-state index in [4.69, 9.17) is 15.2 Å². The molecule has 3 aromatic rings. The Labute approximate surface area is 237 Å². The van der Waals surface area contributed by atoms with Crippen molar-refractivity contribution in [2.24, 2.45) is 5.92 Å². The number of fused-ring (bicyclic) bond motifs is 1. The van der Waals surface area contributed by atoms with Gasteiger partial charge in [0.05, 0.1) is 11.6 Å². The lowest BCUT2D eigenvalue weighted by Gasteiger charge is -2.43. The highest BCUT2D eigenvalue weighted by molar-refractivity contribution is 5.93. The van der Waals surface area contributed by atoms with Crippen molar-refractivity contribution in [1.29, 1.82) is 5.26 Å². The Bertz CT molecular complexity index is 1310. The van der Waals surface area contributed by atoms with E-state index in [1.165, 1.54) is 25.9 Å². The van der Waals surface area contributed by atoms with Crippen LogP contribution in [0.4, 0.5) is 23.3 Å². The molecule has 2 saturated heterocycles. The number of nitriles is 1. The van der Waals surface area contributed by atoms with Crippen LogP contribution in [-0.4, -0.2) is 81.3 Å². The molecule has 2 aliphatic rings. The largest absolute Gasteiger partial charge is 0.385 e. The number of nitrogens with one attached hydrogen (secondary N) is 4. The van der Waals surface area contributed by atoms with Gasteiger partial charge in [0.1, 0.15) is 5.82 Å². The Kier molecular flexibility index (Phi) is 9.02. The van der Waals surface area contributed by atoms with Gasteiger partial charge in [0.2, 0.25) is 5.95 Å². The molecule has 0 amide bonds. The molecule has 0 radical (unpaired) electrons. The fourth-order valence-corrected chi connectivity index (χ4v) is 6.28. The number of rotatable bonds is 10. The molecule has 0 aliphatic carbocycles. The third-order valence-corrected chi connectivity index (χ3v) is 8.59. The molecule has 3 atom stereocenters. The lowest BCUT2D eigenvalue weighted by Crippen LogP contribution is -2.51. The van der Waals surface area contributed by atoms with E-state index in [0.717, 1.165) is 66.3 Å². The molecule has 2 aromatic heterocycles. The van der Waals surface area contributed by atoms with E-state index in [2.05, 4.69) is 81.1 Å². The molecule has 2 aliphatic heterocycles. The van der Waals surface area contributed by atoms with Crippen LogP contribution in [0.15, 0.2) is 24.3 Å². The number of piperidine rings is 2. The van der Waals surface area contributed by atoms with Crippen molar-refractivity contribution in [1.82, 2.24) is 30.0 Å². The van der Waals surface area contributed by atoms with Crippen molar-refractivity contribution in [3.8, 4) is 6.07 Å². The zero-order valence-corrected chi connectivity index (χ0v) is 24.4. The first-order valence-electron chi connectivity index (χ1n) is 14.8. The summed E-state index contributed by atoms with van der Waals surface area (Å²) in [6.07, 6.45) is 6.09. The second-order valence-corrected chi connectivity index (χ2v) is 11.7. The van der Waals surface area contributed by atoms with Crippen LogP contribution in [0.1, 0.15) is 58.1 Å². The molecule has 4 N–H and O–H groups in total. The molecule has 1 aromatic carbocycles. The third-order valence-electron chi connectivity index (χ3n) is 8.59. The summed E-state index contributed by atoms with van der Waals surface area (Å²) >= 11 is 0. The van der Waals surface area contributed by atoms with Crippen LogP contribution in [0.25, 0.3) is 10.9 Å². The van der Waals surface area contributed by atoms with E-state index >= 15 is 0 Å². The lowest BCUT2D eigenvalue weighted by molar-refractivity contribution is 0.0858. The van der Waals surface area contributed by atoms with E-state index < -0.39 is 0 Å². The van der Waals surface area contributed by atoms with Crippen LogP contribution < -0.4 is 16.0 Å². The van der Waals surface area contributed by atoms with E-state index in [-0.39, 0.29) is 6.04 Å². The molecule has 40 heavy (non-hydrogen) atoms. The molecule has 4 heterocycles. The average molecular weight is 545 g/mol. The summed E-state index contributed by atoms with van der Waals surface area (Å²) in [5.74, 6) is 2.81. The summed E-state index contributed by atoms with van der Waals surface area (Å²) in [6, 6.07) is 11.7. The predicted octanol–water partition coefficient (Wildman–Crippen LogP) is 5.12. The van der Waals surface area contributed by atoms with Crippen LogP contribution >= 0.6 is 0 Å². The van der Waals surface area contributed by atoms with Gasteiger partial charge in [0, 0.05) is 60.5 Å². The SMILES string of the molecule is CCC1CC(Nc2nc(Nc3cc(C)[nH]n3)c3ccc(NCC4CCN(C)CC4)cc3n2)CC(C)N1CCC#N. The van der Waals surface area contributed by atoms with Gasteiger partial charge in [-0.3, -0.25) is 10.00 Å². The minimum absolute atomic E-state index is 0.266. The Morgan fingerprint density at radius 3 is 2.70 bits per heavy atom. The maximum Gasteiger partial charge on any atom is 0.225 e. The highest BCUT2D eigenvalue weighted by Gasteiger charge is 2.32. The quantitative estimate of drug-likeness (QED) is 0.276. The van der Waals surface area contributed by atoms with Crippen LogP contribution in [0.3, 0.4) is 0 Å². The lowest BCUT2D eigenvalue weighted by atomic mass is 9.90. The van der Waals surface area contributed by atoms with Gasteiger partial charge in [-0.05, 0) is 90.2 Å². The molecule has 10 nitrogen and oxygen atoms in total. The first-order valence-corrected chi connectivity index (χ1v) is 14.8. The topological polar surface area (TPSA) is 121 Å². The molecule has 5 rings (SSSR count). The number of aryl methyl sites for hydroxylation is 1. The van der Waals surface area contributed by atoms with E-state index in [1.54, 1.807) is 0 Å². The average Bonchev–Trinajstić information content (AvgIpc) is 3.36. The molecule has 0 spiro atoms. The first-order chi connectivity index (χ1) is 19.4. The van der Waals surface area contributed by atoms with Crippen molar-refractivity contribution in [3.05, 3.63) is 30.0 Å². The van der Waals surface area contributed by atoms with E-state index in [9.17, 15) is 0 Å². The molecule has 0 saturated carbocycles. The number of likely N-dealkylation sites (tertiary alicyclic amines) is 2. The van der Waals surface area contributed by atoms with Gasteiger partial charge in [-0.1, -0.05) is 6.92 Å². The number of aromatic amines is 1. The first kappa shape index (κ1) is 28.1. The Morgan fingerprint density at radius 1 is 1.15 bits per heavy atom. The van der Waals surface area contributed by atoms with Crippen molar-refractivity contribution in [2.45, 2.75) is 77.4 Å². The van der Waals surface area contributed by atoms with Crippen molar-refractivity contribution >= 4 is 34.2 Å². The second kappa shape index (κ2) is 12.8. The van der Waals surface area contributed by atoms with Gasteiger partial charge in [-0.25, -0.2) is 4.98 Å². The Hall–Kier alpha value is -3.42. The summed E-state index contributed by atoms with van der Waals surface area (Å²) in [5, 5.41) is 28.2. The Balaban J connectivity index is 1.37. The minimum Gasteiger partial charge on any atom is -0.385 e. The number of anilines is 4. The number of H-pyrrole nitrogens is 1. The van der Waals surface area contributed by atoms with Gasteiger partial charge in [0.25, 0.3) is 0 Å². The zero-order valence-electron chi connectivity index (χ0n) is 24.4. The summed E-state index contributed by atoms with van der Waals surface area (Å²) in [4.78, 5) is 14.8. The summed E-state index contributed by atoms with van der Waals surface area (Å²) < 4.78 is 0. The van der Waals surface area contributed by atoms with Gasteiger partial charge < -0.3 is 20.9 Å². The van der Waals surface area contributed by atoms with Gasteiger partial charge in [-0.15, -0.1) is 0 Å². The van der Waals surface area contributed by atoms with Gasteiger partial charge in [-0.2, -0.15) is 15.3 Å². The van der Waals surface area contributed by atoms with Crippen molar-refractivity contribution in [3.63, 3.8) is 0 Å². The third kappa shape index (κ3) is 6.83. The minimum atomic E-state index is 0.266. The molecule has 2 fully saturated rings. The highest BCUT2D eigenvalue weighted by Crippen LogP contribution is 2.31.